The summed E-state index contributed by atoms with van der Waals surface area (Å²) in [5, 5.41) is 4.31. The predicted octanol–water partition coefficient (Wildman–Crippen LogP) is 0.653. The SMILES string of the molecule is Cc1ccc(=O)n(CCN2CCN(c3ncnc4c3CCC4)CC2)n1. The van der Waals surface area contributed by atoms with Crippen molar-refractivity contribution in [1.82, 2.24) is 24.6 Å². The number of aromatic nitrogens is 4. The molecule has 0 saturated carbocycles. The second-order valence-corrected chi connectivity index (χ2v) is 6.84. The molecule has 25 heavy (non-hydrogen) atoms. The summed E-state index contributed by atoms with van der Waals surface area (Å²) < 4.78 is 1.57. The molecular formula is C18H24N6O. The Morgan fingerprint density at radius 2 is 1.88 bits per heavy atom. The van der Waals surface area contributed by atoms with Crippen molar-refractivity contribution >= 4 is 5.82 Å². The van der Waals surface area contributed by atoms with E-state index in [1.165, 1.54) is 17.7 Å². The quantitative estimate of drug-likeness (QED) is 0.814. The Morgan fingerprint density at radius 3 is 2.72 bits per heavy atom. The fourth-order valence-electron chi connectivity index (χ4n) is 3.75. The molecule has 3 heterocycles. The second kappa shape index (κ2) is 6.92. The van der Waals surface area contributed by atoms with Crippen LogP contribution in [0.25, 0.3) is 0 Å². The van der Waals surface area contributed by atoms with Gasteiger partial charge in [0.2, 0.25) is 0 Å². The van der Waals surface area contributed by atoms with Crippen molar-refractivity contribution in [2.24, 2.45) is 0 Å². The molecule has 0 spiro atoms. The number of hydrogen-bond donors (Lipinski definition) is 0. The molecule has 2 aromatic heterocycles. The maximum Gasteiger partial charge on any atom is 0.266 e. The number of hydrogen-bond acceptors (Lipinski definition) is 6. The van der Waals surface area contributed by atoms with Gasteiger partial charge in [0.05, 0.1) is 12.2 Å². The van der Waals surface area contributed by atoms with Crippen molar-refractivity contribution < 1.29 is 0 Å². The summed E-state index contributed by atoms with van der Waals surface area (Å²) >= 11 is 0. The summed E-state index contributed by atoms with van der Waals surface area (Å²) in [4.78, 5) is 25.6. The molecule has 132 valence electrons. The molecule has 2 aliphatic rings. The van der Waals surface area contributed by atoms with Gasteiger partial charge >= 0.3 is 0 Å². The van der Waals surface area contributed by atoms with Crippen LogP contribution in [0.1, 0.15) is 23.4 Å². The molecule has 7 nitrogen and oxygen atoms in total. The lowest BCUT2D eigenvalue weighted by molar-refractivity contribution is 0.242. The maximum atomic E-state index is 11.8. The molecule has 0 bridgehead atoms. The molecular weight excluding hydrogens is 316 g/mol. The van der Waals surface area contributed by atoms with Gasteiger partial charge in [0.1, 0.15) is 12.1 Å². The molecule has 1 fully saturated rings. The average Bonchev–Trinajstić information content (AvgIpc) is 3.12. The maximum absolute atomic E-state index is 11.8. The van der Waals surface area contributed by atoms with Gasteiger partial charge in [0, 0.05) is 50.0 Å². The van der Waals surface area contributed by atoms with Gasteiger partial charge in [-0.25, -0.2) is 14.6 Å². The first-order valence-corrected chi connectivity index (χ1v) is 9.05. The molecule has 0 amide bonds. The molecule has 1 aliphatic heterocycles. The van der Waals surface area contributed by atoms with Crippen LogP contribution in [0.15, 0.2) is 23.3 Å². The van der Waals surface area contributed by atoms with Crippen LogP contribution in [0, 0.1) is 6.92 Å². The Balaban J connectivity index is 1.35. The van der Waals surface area contributed by atoms with E-state index in [1.807, 2.05) is 6.92 Å². The molecule has 4 rings (SSSR count). The third-order valence-corrected chi connectivity index (χ3v) is 5.15. The number of anilines is 1. The first-order valence-electron chi connectivity index (χ1n) is 9.05. The average molecular weight is 340 g/mol. The van der Waals surface area contributed by atoms with Crippen molar-refractivity contribution in [1.29, 1.82) is 0 Å². The molecule has 0 atom stereocenters. The topological polar surface area (TPSA) is 67.2 Å². The van der Waals surface area contributed by atoms with Crippen LogP contribution in [0.5, 0.6) is 0 Å². The van der Waals surface area contributed by atoms with Gasteiger partial charge in [-0.3, -0.25) is 9.69 Å². The lowest BCUT2D eigenvalue weighted by Gasteiger charge is -2.36. The van der Waals surface area contributed by atoms with E-state index in [0.717, 1.165) is 57.1 Å². The van der Waals surface area contributed by atoms with E-state index < -0.39 is 0 Å². The van der Waals surface area contributed by atoms with E-state index in [1.54, 1.807) is 23.1 Å². The molecule has 2 aromatic rings. The summed E-state index contributed by atoms with van der Waals surface area (Å²) in [5.74, 6) is 1.14. The van der Waals surface area contributed by atoms with Gasteiger partial charge in [-0.2, -0.15) is 5.10 Å². The normalized spacial score (nSPS) is 17.7. The minimum Gasteiger partial charge on any atom is -0.354 e. The monoisotopic (exact) mass is 340 g/mol. The molecule has 0 unspecified atom stereocenters. The largest absolute Gasteiger partial charge is 0.354 e. The van der Waals surface area contributed by atoms with Crippen LogP contribution >= 0.6 is 0 Å². The van der Waals surface area contributed by atoms with Crippen molar-refractivity contribution in [3.63, 3.8) is 0 Å². The third kappa shape index (κ3) is 3.42. The van der Waals surface area contributed by atoms with Crippen molar-refractivity contribution in [3.05, 3.63) is 45.8 Å². The molecule has 7 heteroatoms. The van der Waals surface area contributed by atoms with Crippen LogP contribution < -0.4 is 10.5 Å². The van der Waals surface area contributed by atoms with E-state index in [9.17, 15) is 4.79 Å². The minimum atomic E-state index is -0.0271. The molecule has 0 radical (unpaired) electrons. The fraction of sp³-hybridized carbons (Fsp3) is 0.556. The number of rotatable bonds is 4. The lowest BCUT2D eigenvalue weighted by Crippen LogP contribution is -2.48. The molecule has 1 aliphatic carbocycles. The van der Waals surface area contributed by atoms with Crippen LogP contribution in [0.4, 0.5) is 5.82 Å². The highest BCUT2D eigenvalue weighted by Crippen LogP contribution is 2.28. The first kappa shape index (κ1) is 16.2. The van der Waals surface area contributed by atoms with Gasteiger partial charge < -0.3 is 4.90 Å². The van der Waals surface area contributed by atoms with E-state index >= 15 is 0 Å². The van der Waals surface area contributed by atoms with E-state index in [4.69, 9.17) is 0 Å². The van der Waals surface area contributed by atoms with Gasteiger partial charge in [0.25, 0.3) is 5.56 Å². The first-order chi connectivity index (χ1) is 12.2. The Morgan fingerprint density at radius 1 is 1.04 bits per heavy atom. The summed E-state index contributed by atoms with van der Waals surface area (Å²) in [6.07, 6.45) is 5.09. The summed E-state index contributed by atoms with van der Waals surface area (Å²) in [6.45, 7) is 7.32. The van der Waals surface area contributed by atoms with E-state index in [-0.39, 0.29) is 5.56 Å². The number of fused-ring (bicyclic) bond motifs is 1. The van der Waals surface area contributed by atoms with E-state index in [2.05, 4.69) is 24.9 Å². The van der Waals surface area contributed by atoms with Gasteiger partial charge in [-0.1, -0.05) is 0 Å². The Labute approximate surface area is 147 Å². The van der Waals surface area contributed by atoms with Crippen LogP contribution in [-0.4, -0.2) is 57.4 Å². The van der Waals surface area contributed by atoms with Gasteiger partial charge in [0.15, 0.2) is 0 Å². The minimum absolute atomic E-state index is 0.0271. The summed E-state index contributed by atoms with van der Waals surface area (Å²) in [7, 11) is 0. The van der Waals surface area contributed by atoms with E-state index in [0.29, 0.717) is 6.54 Å². The number of nitrogens with zero attached hydrogens (tertiary/aromatic N) is 6. The third-order valence-electron chi connectivity index (χ3n) is 5.15. The van der Waals surface area contributed by atoms with Crippen molar-refractivity contribution in [2.75, 3.05) is 37.6 Å². The van der Waals surface area contributed by atoms with Crippen LogP contribution in [0.3, 0.4) is 0 Å². The molecule has 1 saturated heterocycles. The van der Waals surface area contributed by atoms with Crippen LogP contribution in [-0.2, 0) is 19.4 Å². The smallest absolute Gasteiger partial charge is 0.266 e. The fourth-order valence-corrected chi connectivity index (χ4v) is 3.75. The highest BCUT2D eigenvalue weighted by atomic mass is 16.1. The lowest BCUT2D eigenvalue weighted by atomic mass is 10.2. The Bertz CT molecular complexity index is 809. The van der Waals surface area contributed by atoms with Gasteiger partial charge in [-0.15, -0.1) is 0 Å². The number of piperazine rings is 1. The zero-order valence-electron chi connectivity index (χ0n) is 14.7. The highest BCUT2D eigenvalue weighted by Gasteiger charge is 2.24. The van der Waals surface area contributed by atoms with Crippen molar-refractivity contribution in [2.45, 2.75) is 32.7 Å². The summed E-state index contributed by atoms with van der Waals surface area (Å²) in [6, 6.07) is 3.35. The van der Waals surface area contributed by atoms with Gasteiger partial charge in [-0.05, 0) is 32.3 Å². The van der Waals surface area contributed by atoms with Crippen molar-refractivity contribution in [3.8, 4) is 0 Å². The van der Waals surface area contributed by atoms with Crippen LogP contribution in [0.2, 0.25) is 0 Å². The zero-order chi connectivity index (χ0) is 17.2. The summed E-state index contributed by atoms with van der Waals surface area (Å²) in [5.41, 5.74) is 3.44. The zero-order valence-corrected chi connectivity index (χ0v) is 14.7. The second-order valence-electron chi connectivity index (χ2n) is 6.84. The Kier molecular flexibility index (Phi) is 4.48. The molecule has 0 N–H and O–H groups in total. The highest BCUT2D eigenvalue weighted by molar-refractivity contribution is 5.50. The molecule has 0 aromatic carbocycles. The number of aryl methyl sites for hydroxylation is 2. The Hall–Kier alpha value is -2.28. The standard InChI is InChI=1S/C18H24N6O/c1-14-5-6-17(25)24(21-14)12-9-22-7-10-23(11-8-22)18-15-3-2-4-16(15)19-13-20-18/h5-6,13H,2-4,7-12H2,1H3. The predicted molar refractivity (Wildman–Crippen MR) is 95.9 cm³/mol.